The highest BCUT2D eigenvalue weighted by Gasteiger charge is 2.03. The fourth-order valence-corrected chi connectivity index (χ4v) is 2.49. The summed E-state index contributed by atoms with van der Waals surface area (Å²) in [6.45, 7) is 1.08. The molecule has 2 N–H and O–H groups in total. The van der Waals surface area contributed by atoms with Crippen molar-refractivity contribution in [3.8, 4) is 5.75 Å². The largest absolute Gasteiger partial charge is 0.497 e. The van der Waals surface area contributed by atoms with E-state index in [0.29, 0.717) is 18.1 Å². The summed E-state index contributed by atoms with van der Waals surface area (Å²) in [6.07, 6.45) is 2.54. The average molecular weight is 352 g/mol. The number of aromatic nitrogens is 2. The van der Waals surface area contributed by atoms with Crippen LogP contribution in [-0.4, -0.2) is 23.6 Å². The van der Waals surface area contributed by atoms with Gasteiger partial charge in [0.2, 0.25) is 5.95 Å². The lowest BCUT2D eigenvalue weighted by molar-refractivity contribution is 0.414. The van der Waals surface area contributed by atoms with Crippen molar-refractivity contribution in [1.29, 1.82) is 0 Å². The van der Waals surface area contributed by atoms with Gasteiger partial charge in [-0.25, -0.2) is 9.37 Å². The first-order chi connectivity index (χ1) is 12.7. The molecule has 0 bridgehead atoms. The molecule has 0 aliphatic heterocycles. The van der Waals surface area contributed by atoms with E-state index >= 15 is 0 Å². The second kappa shape index (κ2) is 8.80. The number of nitrogens with one attached hydrogen (secondary N) is 2. The first-order valence-electron chi connectivity index (χ1n) is 8.42. The summed E-state index contributed by atoms with van der Waals surface area (Å²) >= 11 is 0. The molecule has 5 nitrogen and oxygen atoms in total. The van der Waals surface area contributed by atoms with Crippen LogP contribution in [0.4, 0.5) is 16.2 Å². The zero-order chi connectivity index (χ0) is 18.2. The van der Waals surface area contributed by atoms with Crippen LogP contribution in [0.2, 0.25) is 0 Å². The summed E-state index contributed by atoms with van der Waals surface area (Å²) in [5.41, 5.74) is 1.79. The minimum atomic E-state index is -0.242. The lowest BCUT2D eigenvalue weighted by atomic mass is 10.1. The molecular formula is C20H21FN4O. The smallest absolute Gasteiger partial charge is 0.224 e. The number of anilines is 2. The van der Waals surface area contributed by atoms with Gasteiger partial charge in [0.25, 0.3) is 0 Å². The van der Waals surface area contributed by atoms with Gasteiger partial charge in [-0.05, 0) is 36.2 Å². The number of ether oxygens (including phenoxy) is 1. The average Bonchev–Trinajstić information content (AvgIpc) is 2.68. The second-order valence-electron chi connectivity index (χ2n) is 5.74. The van der Waals surface area contributed by atoms with Crippen molar-refractivity contribution >= 4 is 11.8 Å². The molecule has 0 aliphatic carbocycles. The molecular weight excluding hydrogens is 331 g/mol. The van der Waals surface area contributed by atoms with Gasteiger partial charge in [0.05, 0.1) is 7.11 Å². The summed E-state index contributed by atoms with van der Waals surface area (Å²) in [5.74, 6) is 1.80. The van der Waals surface area contributed by atoms with Crippen LogP contribution in [0.3, 0.4) is 0 Å². The van der Waals surface area contributed by atoms with Gasteiger partial charge in [0.15, 0.2) is 0 Å². The van der Waals surface area contributed by atoms with Gasteiger partial charge in [-0.3, -0.25) is 0 Å². The van der Waals surface area contributed by atoms with Crippen molar-refractivity contribution in [3.05, 3.63) is 77.7 Å². The summed E-state index contributed by atoms with van der Waals surface area (Å²) in [7, 11) is 1.66. The van der Waals surface area contributed by atoms with Crippen LogP contribution >= 0.6 is 0 Å². The van der Waals surface area contributed by atoms with Crippen LogP contribution in [-0.2, 0) is 13.0 Å². The molecule has 1 heterocycles. The van der Waals surface area contributed by atoms with E-state index in [9.17, 15) is 4.39 Å². The number of methoxy groups -OCH3 is 1. The fourth-order valence-electron chi connectivity index (χ4n) is 2.49. The molecule has 0 amide bonds. The van der Waals surface area contributed by atoms with Gasteiger partial charge >= 0.3 is 0 Å². The fraction of sp³-hybridized carbons (Fsp3) is 0.200. The van der Waals surface area contributed by atoms with E-state index in [0.717, 1.165) is 24.5 Å². The lowest BCUT2D eigenvalue weighted by Gasteiger charge is -2.09. The monoisotopic (exact) mass is 352 g/mol. The van der Waals surface area contributed by atoms with Crippen LogP contribution in [0.15, 0.2) is 60.8 Å². The van der Waals surface area contributed by atoms with Gasteiger partial charge in [0.1, 0.15) is 17.4 Å². The number of benzene rings is 2. The highest BCUT2D eigenvalue weighted by molar-refractivity contribution is 5.40. The summed E-state index contributed by atoms with van der Waals surface area (Å²) in [6, 6.07) is 16.4. The molecule has 0 spiro atoms. The Labute approximate surface area is 152 Å². The number of hydrogen-bond donors (Lipinski definition) is 2. The maximum atomic E-state index is 13.6. The number of rotatable bonds is 8. The van der Waals surface area contributed by atoms with Crippen LogP contribution < -0.4 is 15.4 Å². The molecule has 0 saturated heterocycles. The molecule has 1 aromatic heterocycles. The summed E-state index contributed by atoms with van der Waals surface area (Å²) in [5, 5.41) is 6.32. The third-order valence-electron chi connectivity index (χ3n) is 3.93. The van der Waals surface area contributed by atoms with Crippen molar-refractivity contribution < 1.29 is 9.13 Å². The Balaban J connectivity index is 1.51. The van der Waals surface area contributed by atoms with Crippen molar-refractivity contribution in [2.24, 2.45) is 0 Å². The molecule has 3 aromatic rings. The minimum Gasteiger partial charge on any atom is -0.497 e. The zero-order valence-corrected chi connectivity index (χ0v) is 14.6. The van der Waals surface area contributed by atoms with E-state index in [-0.39, 0.29) is 5.82 Å². The number of halogens is 1. The normalized spacial score (nSPS) is 10.4. The predicted octanol–water partition coefficient (Wildman–Crippen LogP) is 3.89. The Kier molecular flexibility index (Phi) is 5.98. The van der Waals surface area contributed by atoms with Crippen molar-refractivity contribution in [2.75, 3.05) is 24.3 Å². The first kappa shape index (κ1) is 17.7. The Morgan fingerprint density at radius 2 is 1.81 bits per heavy atom. The molecule has 134 valence electrons. The molecule has 0 fully saturated rings. The van der Waals surface area contributed by atoms with Gasteiger partial charge in [-0.15, -0.1) is 0 Å². The maximum absolute atomic E-state index is 13.6. The van der Waals surface area contributed by atoms with Crippen LogP contribution in [0.1, 0.15) is 11.1 Å². The van der Waals surface area contributed by atoms with Gasteiger partial charge in [-0.1, -0.05) is 30.3 Å². The topological polar surface area (TPSA) is 59.1 Å². The summed E-state index contributed by atoms with van der Waals surface area (Å²) < 4.78 is 18.8. The highest BCUT2D eigenvalue weighted by Crippen LogP contribution is 2.13. The molecule has 0 atom stereocenters. The SMILES string of the molecule is COc1ccc(CCNc2ccnc(NCc3ccccc3F)n2)cc1. The number of hydrogen-bond acceptors (Lipinski definition) is 5. The lowest BCUT2D eigenvalue weighted by Crippen LogP contribution is -2.09. The zero-order valence-electron chi connectivity index (χ0n) is 14.6. The van der Waals surface area contributed by atoms with Crippen molar-refractivity contribution in [1.82, 2.24) is 9.97 Å². The van der Waals surface area contributed by atoms with Gasteiger partial charge in [0, 0.05) is 24.8 Å². The molecule has 0 aliphatic rings. The predicted molar refractivity (Wildman–Crippen MR) is 101 cm³/mol. The van der Waals surface area contributed by atoms with Crippen LogP contribution in [0.25, 0.3) is 0 Å². The van der Waals surface area contributed by atoms with Crippen molar-refractivity contribution in [3.63, 3.8) is 0 Å². The first-order valence-corrected chi connectivity index (χ1v) is 8.42. The highest BCUT2D eigenvalue weighted by atomic mass is 19.1. The quantitative estimate of drug-likeness (QED) is 0.644. The molecule has 0 unspecified atom stereocenters. The Morgan fingerprint density at radius 3 is 2.58 bits per heavy atom. The van der Waals surface area contributed by atoms with E-state index in [1.165, 1.54) is 11.6 Å². The van der Waals surface area contributed by atoms with E-state index in [4.69, 9.17) is 4.74 Å². The third kappa shape index (κ3) is 4.92. The Morgan fingerprint density at radius 1 is 1.00 bits per heavy atom. The molecule has 6 heteroatoms. The second-order valence-corrected chi connectivity index (χ2v) is 5.74. The van der Waals surface area contributed by atoms with E-state index in [1.54, 1.807) is 31.5 Å². The van der Waals surface area contributed by atoms with E-state index < -0.39 is 0 Å². The molecule has 26 heavy (non-hydrogen) atoms. The van der Waals surface area contributed by atoms with Crippen LogP contribution in [0.5, 0.6) is 5.75 Å². The Hall–Kier alpha value is -3.15. The van der Waals surface area contributed by atoms with Gasteiger partial charge < -0.3 is 15.4 Å². The Bertz CT molecular complexity index is 839. The van der Waals surface area contributed by atoms with Crippen LogP contribution in [0, 0.1) is 5.82 Å². The third-order valence-corrected chi connectivity index (χ3v) is 3.93. The minimum absolute atomic E-state index is 0.242. The van der Waals surface area contributed by atoms with E-state index in [1.807, 2.05) is 30.3 Å². The standard InChI is InChI=1S/C20H21FN4O/c1-26-17-8-6-15(7-9-17)10-12-22-19-11-13-23-20(25-19)24-14-16-4-2-3-5-18(16)21/h2-9,11,13H,10,12,14H2,1H3,(H2,22,23,24,25). The maximum Gasteiger partial charge on any atom is 0.224 e. The van der Waals surface area contributed by atoms with Gasteiger partial charge in [-0.2, -0.15) is 4.98 Å². The molecule has 0 saturated carbocycles. The molecule has 3 rings (SSSR count). The molecule has 2 aromatic carbocycles. The van der Waals surface area contributed by atoms with Crippen molar-refractivity contribution in [2.45, 2.75) is 13.0 Å². The number of nitrogens with zero attached hydrogens (tertiary/aromatic N) is 2. The van der Waals surface area contributed by atoms with E-state index in [2.05, 4.69) is 20.6 Å². The summed E-state index contributed by atoms with van der Waals surface area (Å²) in [4.78, 5) is 8.57. The molecule has 0 radical (unpaired) electrons.